The molecule has 5 nitrogen and oxygen atoms in total. The Morgan fingerprint density at radius 3 is 2.74 bits per heavy atom. The smallest absolute Gasteiger partial charge is 0.191 e. The van der Waals surface area contributed by atoms with E-state index in [4.69, 9.17) is 16.6 Å². The van der Waals surface area contributed by atoms with Crippen LogP contribution in [-0.4, -0.2) is 41.0 Å². The summed E-state index contributed by atoms with van der Waals surface area (Å²) in [6, 6.07) is 15.4. The van der Waals surface area contributed by atoms with Crippen LogP contribution >= 0.6 is 11.6 Å². The molecule has 1 aliphatic heterocycles. The van der Waals surface area contributed by atoms with Crippen molar-refractivity contribution in [3.63, 3.8) is 0 Å². The summed E-state index contributed by atoms with van der Waals surface area (Å²) in [4.78, 5) is 11.3. The summed E-state index contributed by atoms with van der Waals surface area (Å²) in [6.07, 6.45) is 2.88. The standard InChI is InChI=1S/C21H28ClN5/c1-3-23-21(25-13-18-9-10-20(22)24-12-18)26-19-11-16(2)27(15-19)14-17-7-5-4-6-8-17/h4-10,12,16,19H,3,11,13-15H2,1-2H3,(H2,23,25,26). The van der Waals surface area contributed by atoms with Gasteiger partial charge in [-0.3, -0.25) is 4.90 Å². The highest BCUT2D eigenvalue weighted by Crippen LogP contribution is 2.20. The van der Waals surface area contributed by atoms with E-state index >= 15 is 0 Å². The maximum Gasteiger partial charge on any atom is 0.191 e. The molecule has 27 heavy (non-hydrogen) atoms. The zero-order valence-electron chi connectivity index (χ0n) is 16.0. The van der Waals surface area contributed by atoms with Crippen molar-refractivity contribution in [1.29, 1.82) is 0 Å². The fraction of sp³-hybridized carbons (Fsp3) is 0.429. The molecule has 2 aromatic rings. The summed E-state index contributed by atoms with van der Waals surface area (Å²) >= 11 is 5.85. The van der Waals surface area contributed by atoms with E-state index in [-0.39, 0.29) is 0 Å². The number of aliphatic imine (C=N–C) groups is 1. The Balaban J connectivity index is 1.57. The van der Waals surface area contributed by atoms with Gasteiger partial charge in [0.05, 0.1) is 6.54 Å². The van der Waals surface area contributed by atoms with Crippen LogP contribution in [0.15, 0.2) is 53.7 Å². The molecule has 0 bridgehead atoms. The molecule has 1 aromatic carbocycles. The number of halogens is 1. The van der Waals surface area contributed by atoms with E-state index in [1.807, 2.05) is 6.07 Å². The van der Waals surface area contributed by atoms with E-state index in [1.54, 1.807) is 12.3 Å². The van der Waals surface area contributed by atoms with Crippen molar-refractivity contribution >= 4 is 17.6 Å². The van der Waals surface area contributed by atoms with Crippen LogP contribution in [0.5, 0.6) is 0 Å². The van der Waals surface area contributed by atoms with Gasteiger partial charge < -0.3 is 10.6 Å². The summed E-state index contributed by atoms with van der Waals surface area (Å²) in [7, 11) is 0. The second-order valence-electron chi connectivity index (χ2n) is 7.03. The minimum absolute atomic E-state index is 0.393. The Labute approximate surface area is 166 Å². The third-order valence-electron chi connectivity index (χ3n) is 4.83. The number of nitrogens with zero attached hydrogens (tertiary/aromatic N) is 3. The van der Waals surface area contributed by atoms with E-state index in [0.29, 0.717) is 23.8 Å². The summed E-state index contributed by atoms with van der Waals surface area (Å²) in [5, 5.41) is 7.45. The quantitative estimate of drug-likeness (QED) is 0.454. The van der Waals surface area contributed by atoms with Gasteiger partial charge >= 0.3 is 0 Å². The van der Waals surface area contributed by atoms with Gasteiger partial charge in [0.15, 0.2) is 5.96 Å². The lowest BCUT2D eigenvalue weighted by molar-refractivity contribution is 0.258. The van der Waals surface area contributed by atoms with Crippen molar-refractivity contribution in [3.05, 3.63) is 64.9 Å². The van der Waals surface area contributed by atoms with Crippen LogP contribution in [0, 0.1) is 0 Å². The van der Waals surface area contributed by atoms with E-state index in [1.165, 1.54) is 5.56 Å². The van der Waals surface area contributed by atoms with Gasteiger partial charge in [-0.2, -0.15) is 0 Å². The Hall–Kier alpha value is -2.11. The fourth-order valence-corrected chi connectivity index (χ4v) is 3.54. The highest BCUT2D eigenvalue weighted by atomic mass is 35.5. The van der Waals surface area contributed by atoms with Crippen LogP contribution in [0.1, 0.15) is 31.4 Å². The molecule has 3 rings (SSSR count). The lowest BCUT2D eigenvalue weighted by Gasteiger charge is -2.21. The van der Waals surface area contributed by atoms with E-state index in [9.17, 15) is 0 Å². The normalized spacial score (nSPS) is 20.6. The number of hydrogen-bond donors (Lipinski definition) is 2. The maximum absolute atomic E-state index is 5.85. The number of likely N-dealkylation sites (tertiary alicyclic amines) is 1. The molecule has 1 aromatic heterocycles. The first kappa shape index (κ1) is 19.6. The van der Waals surface area contributed by atoms with Crippen LogP contribution in [0.4, 0.5) is 0 Å². The molecule has 2 unspecified atom stereocenters. The topological polar surface area (TPSA) is 52.6 Å². The van der Waals surface area contributed by atoms with Crippen LogP contribution in [0.25, 0.3) is 0 Å². The van der Waals surface area contributed by atoms with Gasteiger partial charge in [-0.25, -0.2) is 9.98 Å². The molecule has 0 spiro atoms. The predicted molar refractivity (Wildman–Crippen MR) is 112 cm³/mol. The molecule has 1 fully saturated rings. The average molecular weight is 386 g/mol. The lowest BCUT2D eigenvalue weighted by Crippen LogP contribution is -2.44. The summed E-state index contributed by atoms with van der Waals surface area (Å²) in [5.41, 5.74) is 2.41. The largest absolute Gasteiger partial charge is 0.357 e. The number of benzene rings is 1. The number of rotatable bonds is 6. The molecule has 144 valence electrons. The van der Waals surface area contributed by atoms with E-state index in [0.717, 1.165) is 37.6 Å². The molecular weight excluding hydrogens is 358 g/mol. The van der Waals surface area contributed by atoms with Gasteiger partial charge in [-0.1, -0.05) is 48.0 Å². The first-order chi connectivity index (χ1) is 13.1. The van der Waals surface area contributed by atoms with Crippen LogP contribution in [0.2, 0.25) is 5.15 Å². The molecule has 2 N–H and O–H groups in total. The molecule has 0 aliphatic carbocycles. The predicted octanol–water partition coefficient (Wildman–Crippen LogP) is 3.45. The Morgan fingerprint density at radius 1 is 1.22 bits per heavy atom. The minimum Gasteiger partial charge on any atom is -0.357 e. The van der Waals surface area contributed by atoms with Gasteiger partial charge in [0.1, 0.15) is 5.15 Å². The van der Waals surface area contributed by atoms with Crippen LogP contribution < -0.4 is 10.6 Å². The molecule has 1 aliphatic rings. The fourth-order valence-electron chi connectivity index (χ4n) is 3.42. The zero-order valence-corrected chi connectivity index (χ0v) is 16.8. The van der Waals surface area contributed by atoms with Crippen molar-refractivity contribution in [3.8, 4) is 0 Å². The third kappa shape index (κ3) is 5.94. The molecule has 0 radical (unpaired) electrons. The number of aromatic nitrogens is 1. The number of pyridine rings is 1. The highest BCUT2D eigenvalue weighted by Gasteiger charge is 2.29. The van der Waals surface area contributed by atoms with Crippen LogP contribution in [0.3, 0.4) is 0 Å². The molecule has 2 atom stereocenters. The molecule has 1 saturated heterocycles. The number of nitrogens with one attached hydrogen (secondary N) is 2. The second kappa shape index (κ2) is 9.72. The third-order valence-corrected chi connectivity index (χ3v) is 5.05. The first-order valence-corrected chi connectivity index (χ1v) is 9.95. The van der Waals surface area contributed by atoms with E-state index in [2.05, 4.69) is 64.7 Å². The molecule has 0 saturated carbocycles. The molecule has 6 heteroatoms. The summed E-state index contributed by atoms with van der Waals surface area (Å²) in [6.45, 7) is 7.80. The first-order valence-electron chi connectivity index (χ1n) is 9.57. The summed E-state index contributed by atoms with van der Waals surface area (Å²) < 4.78 is 0. The Kier molecular flexibility index (Phi) is 7.07. The monoisotopic (exact) mass is 385 g/mol. The van der Waals surface area contributed by atoms with Crippen molar-refractivity contribution in [2.45, 2.75) is 45.4 Å². The SMILES string of the molecule is CCNC(=NCc1ccc(Cl)nc1)NC1CC(C)N(Cc2ccccc2)C1. The van der Waals surface area contributed by atoms with Gasteiger partial charge in [-0.05, 0) is 37.5 Å². The van der Waals surface area contributed by atoms with Crippen molar-refractivity contribution in [1.82, 2.24) is 20.5 Å². The van der Waals surface area contributed by atoms with Gasteiger partial charge in [-0.15, -0.1) is 0 Å². The lowest BCUT2D eigenvalue weighted by atomic mass is 10.2. The minimum atomic E-state index is 0.393. The Morgan fingerprint density at radius 2 is 2.04 bits per heavy atom. The van der Waals surface area contributed by atoms with Gasteiger partial charge in [0.2, 0.25) is 0 Å². The second-order valence-corrected chi connectivity index (χ2v) is 7.41. The van der Waals surface area contributed by atoms with Crippen molar-refractivity contribution < 1.29 is 0 Å². The van der Waals surface area contributed by atoms with Gasteiger partial charge in [0.25, 0.3) is 0 Å². The number of guanidine groups is 1. The summed E-state index contributed by atoms with van der Waals surface area (Å²) in [5.74, 6) is 0.853. The van der Waals surface area contributed by atoms with Crippen molar-refractivity contribution in [2.24, 2.45) is 4.99 Å². The zero-order chi connectivity index (χ0) is 19.1. The van der Waals surface area contributed by atoms with E-state index < -0.39 is 0 Å². The number of hydrogen-bond acceptors (Lipinski definition) is 3. The maximum atomic E-state index is 5.85. The molecule has 2 heterocycles. The Bertz CT molecular complexity index is 732. The molecule has 0 amide bonds. The van der Waals surface area contributed by atoms with Gasteiger partial charge in [0, 0.05) is 37.9 Å². The average Bonchev–Trinajstić information content (AvgIpc) is 3.01. The highest BCUT2D eigenvalue weighted by molar-refractivity contribution is 6.29. The van der Waals surface area contributed by atoms with Crippen LogP contribution in [-0.2, 0) is 13.1 Å². The molecular formula is C21H28ClN5. The van der Waals surface area contributed by atoms with Crippen molar-refractivity contribution in [2.75, 3.05) is 13.1 Å².